The van der Waals surface area contributed by atoms with Gasteiger partial charge in [0.15, 0.2) is 9.84 Å². The molecular weight excluding hydrogens is 387 g/mol. The first-order chi connectivity index (χ1) is 13.3. The van der Waals surface area contributed by atoms with Crippen molar-refractivity contribution >= 4 is 33.2 Å². The number of nitrogens with one attached hydrogen (secondary N) is 1. The van der Waals surface area contributed by atoms with Crippen molar-refractivity contribution in [3.8, 4) is 0 Å². The van der Waals surface area contributed by atoms with Crippen LogP contribution in [0.3, 0.4) is 0 Å². The van der Waals surface area contributed by atoms with E-state index in [0.717, 1.165) is 11.6 Å². The highest BCUT2D eigenvalue weighted by molar-refractivity contribution is 7.91. The van der Waals surface area contributed by atoms with Gasteiger partial charge in [0, 0.05) is 12.1 Å². The second-order valence-electron chi connectivity index (χ2n) is 6.36. The molecule has 1 saturated heterocycles. The average Bonchev–Trinajstić information content (AvgIpc) is 3.08. The maximum absolute atomic E-state index is 14.0. The van der Waals surface area contributed by atoms with E-state index in [-0.39, 0.29) is 23.6 Å². The van der Waals surface area contributed by atoms with Gasteiger partial charge in [0.2, 0.25) is 5.91 Å². The Hall–Kier alpha value is -2.94. The number of hydrogen-bond acceptors (Lipinski definition) is 5. The molecule has 9 heteroatoms. The Morgan fingerprint density at radius 2 is 1.93 bits per heavy atom. The molecule has 0 aliphatic carbocycles. The summed E-state index contributed by atoms with van der Waals surface area (Å²) in [7, 11) is -3.63. The summed E-state index contributed by atoms with van der Waals surface area (Å²) in [5, 5.41) is 2.36. The van der Waals surface area contributed by atoms with Gasteiger partial charge in [-0.15, -0.1) is 0 Å². The van der Waals surface area contributed by atoms with Gasteiger partial charge in [-0.25, -0.2) is 17.6 Å². The molecule has 1 fully saturated rings. The highest BCUT2D eigenvalue weighted by atomic mass is 32.2. The SMILES string of the molecule is Cc1ccc(S(=O)(=O)CCC(=O)Nc2cc(N3CCOC3=O)ccc2F)cc1. The molecule has 148 valence electrons. The Morgan fingerprint density at radius 3 is 2.57 bits per heavy atom. The van der Waals surface area contributed by atoms with Crippen molar-refractivity contribution in [3.63, 3.8) is 0 Å². The van der Waals surface area contributed by atoms with Crippen LogP contribution in [0.4, 0.5) is 20.6 Å². The van der Waals surface area contributed by atoms with E-state index in [9.17, 15) is 22.4 Å². The van der Waals surface area contributed by atoms with Gasteiger partial charge in [0.25, 0.3) is 0 Å². The summed E-state index contributed by atoms with van der Waals surface area (Å²) in [6, 6.07) is 10.2. The molecule has 0 radical (unpaired) electrons. The summed E-state index contributed by atoms with van der Waals surface area (Å²) in [6.45, 7) is 2.40. The van der Waals surface area contributed by atoms with E-state index in [1.807, 2.05) is 6.92 Å². The van der Waals surface area contributed by atoms with Crippen molar-refractivity contribution in [1.29, 1.82) is 0 Å². The number of carbonyl (C=O) groups is 2. The summed E-state index contributed by atoms with van der Waals surface area (Å²) in [5.74, 6) is -1.73. The summed E-state index contributed by atoms with van der Waals surface area (Å²) < 4.78 is 43.5. The second-order valence-corrected chi connectivity index (χ2v) is 8.47. The number of nitrogens with zero attached hydrogens (tertiary/aromatic N) is 1. The van der Waals surface area contributed by atoms with Crippen molar-refractivity contribution in [2.75, 3.05) is 29.1 Å². The quantitative estimate of drug-likeness (QED) is 0.796. The molecule has 0 aromatic heterocycles. The van der Waals surface area contributed by atoms with E-state index < -0.39 is 33.4 Å². The van der Waals surface area contributed by atoms with Gasteiger partial charge in [-0.1, -0.05) is 17.7 Å². The van der Waals surface area contributed by atoms with Gasteiger partial charge in [-0.05, 0) is 37.3 Å². The molecule has 0 bridgehead atoms. The smallest absolute Gasteiger partial charge is 0.414 e. The lowest BCUT2D eigenvalue weighted by atomic mass is 10.2. The minimum Gasteiger partial charge on any atom is -0.447 e. The van der Waals surface area contributed by atoms with Gasteiger partial charge >= 0.3 is 6.09 Å². The molecule has 0 spiro atoms. The van der Waals surface area contributed by atoms with Crippen LogP contribution in [0.25, 0.3) is 0 Å². The lowest BCUT2D eigenvalue weighted by molar-refractivity contribution is -0.115. The first-order valence-electron chi connectivity index (χ1n) is 8.59. The highest BCUT2D eigenvalue weighted by Crippen LogP contribution is 2.25. The fourth-order valence-electron chi connectivity index (χ4n) is 2.71. The van der Waals surface area contributed by atoms with E-state index in [2.05, 4.69) is 5.32 Å². The molecule has 1 aliphatic heterocycles. The minimum absolute atomic E-state index is 0.130. The molecule has 28 heavy (non-hydrogen) atoms. The van der Waals surface area contributed by atoms with E-state index in [1.54, 1.807) is 12.1 Å². The average molecular weight is 406 g/mol. The van der Waals surface area contributed by atoms with Crippen LogP contribution in [-0.2, 0) is 19.4 Å². The van der Waals surface area contributed by atoms with Crippen molar-refractivity contribution < 1.29 is 27.1 Å². The van der Waals surface area contributed by atoms with E-state index in [4.69, 9.17) is 4.74 Å². The Bertz CT molecular complexity index is 1010. The Labute approximate surface area is 162 Å². The van der Waals surface area contributed by atoms with Crippen LogP contribution in [0.5, 0.6) is 0 Å². The molecule has 2 aromatic rings. The Morgan fingerprint density at radius 1 is 1.21 bits per heavy atom. The zero-order valence-corrected chi connectivity index (χ0v) is 16.0. The van der Waals surface area contributed by atoms with Gasteiger partial charge < -0.3 is 10.1 Å². The topological polar surface area (TPSA) is 92.8 Å². The molecule has 2 amide bonds. The summed E-state index contributed by atoms with van der Waals surface area (Å²) >= 11 is 0. The molecule has 7 nitrogen and oxygen atoms in total. The number of benzene rings is 2. The third kappa shape index (κ3) is 4.48. The molecule has 1 N–H and O–H groups in total. The number of anilines is 2. The molecule has 1 aliphatic rings. The number of ether oxygens (including phenoxy) is 1. The van der Waals surface area contributed by atoms with Gasteiger partial charge in [0.1, 0.15) is 12.4 Å². The molecule has 0 atom stereocenters. The highest BCUT2D eigenvalue weighted by Gasteiger charge is 2.24. The first-order valence-corrected chi connectivity index (χ1v) is 10.2. The summed E-state index contributed by atoms with van der Waals surface area (Å²) in [4.78, 5) is 25.2. The number of rotatable bonds is 6. The van der Waals surface area contributed by atoms with Crippen LogP contribution < -0.4 is 10.2 Å². The number of aryl methyl sites for hydroxylation is 1. The van der Waals surface area contributed by atoms with Crippen LogP contribution in [0, 0.1) is 12.7 Å². The molecule has 1 heterocycles. The minimum atomic E-state index is -3.63. The Kier molecular flexibility index (Phi) is 5.64. The maximum atomic E-state index is 14.0. The monoisotopic (exact) mass is 406 g/mol. The lowest BCUT2D eigenvalue weighted by Gasteiger charge is -2.15. The van der Waals surface area contributed by atoms with Crippen LogP contribution in [0.1, 0.15) is 12.0 Å². The summed E-state index contributed by atoms with van der Waals surface area (Å²) in [5.41, 5.74) is 1.18. The van der Waals surface area contributed by atoms with E-state index in [1.165, 1.54) is 29.2 Å². The standard InChI is InChI=1S/C19H19FN2O5S/c1-13-2-5-15(6-3-13)28(25,26)11-8-18(23)21-17-12-14(4-7-16(17)20)22-9-10-27-19(22)24/h2-7,12H,8-11H2,1H3,(H,21,23). The zero-order valence-electron chi connectivity index (χ0n) is 15.1. The van der Waals surface area contributed by atoms with Crippen LogP contribution in [0.2, 0.25) is 0 Å². The van der Waals surface area contributed by atoms with Crippen molar-refractivity contribution in [2.24, 2.45) is 0 Å². The van der Waals surface area contributed by atoms with E-state index in [0.29, 0.717) is 12.2 Å². The Balaban J connectivity index is 1.66. The molecule has 2 aromatic carbocycles. The third-order valence-corrected chi connectivity index (χ3v) is 6.01. The molecule has 0 unspecified atom stereocenters. The number of carbonyl (C=O) groups excluding carboxylic acids is 2. The fourth-order valence-corrected chi connectivity index (χ4v) is 3.95. The normalized spacial score (nSPS) is 14.1. The predicted octanol–water partition coefficient (Wildman–Crippen LogP) is 2.89. The predicted molar refractivity (Wildman–Crippen MR) is 102 cm³/mol. The van der Waals surface area contributed by atoms with Crippen molar-refractivity contribution in [1.82, 2.24) is 0 Å². The fraction of sp³-hybridized carbons (Fsp3) is 0.263. The maximum Gasteiger partial charge on any atom is 0.414 e. The first kappa shape index (κ1) is 19.8. The number of hydrogen-bond donors (Lipinski definition) is 1. The van der Waals surface area contributed by atoms with Gasteiger partial charge in [-0.2, -0.15) is 0 Å². The summed E-state index contributed by atoms with van der Waals surface area (Å²) in [6.07, 6.45) is -0.876. The third-order valence-electron chi connectivity index (χ3n) is 4.27. The number of halogens is 1. The van der Waals surface area contributed by atoms with Crippen molar-refractivity contribution in [3.05, 3.63) is 53.8 Å². The number of amides is 2. The molecule has 0 saturated carbocycles. The van der Waals surface area contributed by atoms with Gasteiger partial charge in [-0.3, -0.25) is 9.69 Å². The largest absolute Gasteiger partial charge is 0.447 e. The molecule has 3 rings (SSSR count). The molecular formula is C19H19FN2O5S. The second kappa shape index (κ2) is 7.97. The zero-order chi connectivity index (χ0) is 20.3. The van der Waals surface area contributed by atoms with Crippen LogP contribution >= 0.6 is 0 Å². The van der Waals surface area contributed by atoms with Crippen molar-refractivity contribution in [2.45, 2.75) is 18.2 Å². The number of cyclic esters (lactones) is 1. The van der Waals surface area contributed by atoms with Crippen LogP contribution in [0.15, 0.2) is 47.4 Å². The number of sulfone groups is 1. The van der Waals surface area contributed by atoms with Crippen LogP contribution in [-0.4, -0.2) is 39.3 Å². The van der Waals surface area contributed by atoms with Gasteiger partial charge in [0.05, 0.1) is 22.9 Å². The van der Waals surface area contributed by atoms with E-state index >= 15 is 0 Å². The lowest BCUT2D eigenvalue weighted by Crippen LogP contribution is -2.24.